The number of esters is 1. The molecule has 0 radical (unpaired) electrons. The molecule has 0 aliphatic heterocycles. The highest BCUT2D eigenvalue weighted by molar-refractivity contribution is 5.91. The summed E-state index contributed by atoms with van der Waals surface area (Å²) in [7, 11) is 0. The van der Waals surface area contributed by atoms with Crippen molar-refractivity contribution in [3.8, 4) is 0 Å². The van der Waals surface area contributed by atoms with Crippen LogP contribution in [0.3, 0.4) is 0 Å². The number of aliphatic hydroxyl groups excluding tert-OH is 1. The number of nitro groups is 2. The van der Waals surface area contributed by atoms with Crippen molar-refractivity contribution in [2.75, 3.05) is 0 Å². The molecular weight excluding hydrogens is 296 g/mol. The molecule has 0 bridgehead atoms. The number of rotatable bonds is 4. The Balaban J connectivity index is 2.23. The molecule has 0 aromatic heterocycles. The van der Waals surface area contributed by atoms with Gasteiger partial charge in [-0.3, -0.25) is 20.2 Å². The van der Waals surface area contributed by atoms with E-state index in [4.69, 9.17) is 4.74 Å². The van der Waals surface area contributed by atoms with Gasteiger partial charge in [0.2, 0.25) is 0 Å². The average molecular weight is 308 g/mol. The number of aliphatic hydroxyl groups is 1. The SMILES string of the molecule is O=C(O[C@@H]1C=C[C@@H](O)CC1)c1cc([N+](=O)[O-])cc([N+](=O)[O-])c1. The number of nitrogens with zero attached hydrogens (tertiary/aromatic N) is 2. The first kappa shape index (κ1) is 15.6. The largest absolute Gasteiger partial charge is 0.455 e. The van der Waals surface area contributed by atoms with Crippen LogP contribution in [0.5, 0.6) is 0 Å². The molecule has 0 fully saturated rings. The summed E-state index contributed by atoms with van der Waals surface area (Å²) in [4.78, 5) is 31.9. The van der Waals surface area contributed by atoms with Crippen LogP contribution in [0, 0.1) is 20.2 Å². The van der Waals surface area contributed by atoms with Crippen LogP contribution >= 0.6 is 0 Å². The first-order valence-electron chi connectivity index (χ1n) is 6.38. The molecule has 1 aliphatic rings. The summed E-state index contributed by atoms with van der Waals surface area (Å²) >= 11 is 0. The lowest BCUT2D eigenvalue weighted by molar-refractivity contribution is -0.394. The zero-order valence-electron chi connectivity index (χ0n) is 11.2. The van der Waals surface area contributed by atoms with E-state index in [2.05, 4.69) is 0 Å². The molecule has 2 rings (SSSR count). The minimum absolute atomic E-state index is 0.263. The molecule has 2 atom stereocenters. The summed E-state index contributed by atoms with van der Waals surface area (Å²) in [6.07, 6.45) is 2.65. The number of hydrogen-bond donors (Lipinski definition) is 1. The summed E-state index contributed by atoms with van der Waals surface area (Å²) in [6.45, 7) is 0. The Morgan fingerprint density at radius 3 is 2.14 bits per heavy atom. The Hall–Kier alpha value is -2.81. The third-order valence-corrected chi connectivity index (χ3v) is 3.11. The number of hydrogen-bond acceptors (Lipinski definition) is 7. The van der Waals surface area contributed by atoms with E-state index < -0.39 is 39.4 Å². The zero-order valence-corrected chi connectivity index (χ0v) is 11.2. The fourth-order valence-electron chi connectivity index (χ4n) is 2.01. The van der Waals surface area contributed by atoms with Crippen molar-refractivity contribution in [2.24, 2.45) is 0 Å². The number of ether oxygens (including phenoxy) is 1. The van der Waals surface area contributed by atoms with E-state index in [1.807, 2.05) is 0 Å². The van der Waals surface area contributed by atoms with Gasteiger partial charge in [0.25, 0.3) is 11.4 Å². The van der Waals surface area contributed by atoms with Gasteiger partial charge in [-0.25, -0.2) is 4.79 Å². The van der Waals surface area contributed by atoms with Crippen molar-refractivity contribution >= 4 is 17.3 Å². The number of carbonyl (C=O) groups is 1. The van der Waals surface area contributed by atoms with Crippen molar-refractivity contribution < 1.29 is 24.5 Å². The second kappa shape index (κ2) is 6.31. The lowest BCUT2D eigenvalue weighted by Crippen LogP contribution is -2.22. The second-order valence-electron chi connectivity index (χ2n) is 4.73. The number of benzene rings is 1. The smallest absolute Gasteiger partial charge is 0.339 e. The summed E-state index contributed by atoms with van der Waals surface area (Å²) in [5, 5.41) is 30.8. The molecule has 0 saturated heterocycles. The molecule has 1 N–H and O–H groups in total. The van der Waals surface area contributed by atoms with Gasteiger partial charge in [-0.2, -0.15) is 0 Å². The molecule has 0 spiro atoms. The van der Waals surface area contributed by atoms with Gasteiger partial charge in [-0.1, -0.05) is 6.08 Å². The Bertz CT molecular complexity index is 624. The topological polar surface area (TPSA) is 133 Å². The lowest BCUT2D eigenvalue weighted by Gasteiger charge is -2.19. The van der Waals surface area contributed by atoms with Crippen LogP contribution in [0.2, 0.25) is 0 Å². The van der Waals surface area contributed by atoms with Crippen LogP contribution in [-0.4, -0.2) is 33.1 Å². The Kier molecular flexibility index (Phi) is 4.47. The number of nitro benzene ring substituents is 2. The lowest BCUT2D eigenvalue weighted by atomic mass is 10.0. The average Bonchev–Trinajstić information content (AvgIpc) is 2.49. The van der Waals surface area contributed by atoms with Gasteiger partial charge in [0.05, 0.1) is 27.6 Å². The Labute approximate surface area is 124 Å². The van der Waals surface area contributed by atoms with E-state index in [0.29, 0.717) is 12.8 Å². The van der Waals surface area contributed by atoms with E-state index in [0.717, 1.165) is 18.2 Å². The molecule has 22 heavy (non-hydrogen) atoms. The van der Waals surface area contributed by atoms with E-state index in [9.17, 15) is 30.1 Å². The molecule has 0 heterocycles. The van der Waals surface area contributed by atoms with Gasteiger partial charge >= 0.3 is 5.97 Å². The molecule has 0 unspecified atom stereocenters. The van der Waals surface area contributed by atoms with Gasteiger partial charge in [-0.15, -0.1) is 0 Å². The zero-order chi connectivity index (χ0) is 16.3. The summed E-state index contributed by atoms with van der Waals surface area (Å²) in [5.74, 6) is -0.891. The van der Waals surface area contributed by atoms with Crippen LogP contribution < -0.4 is 0 Å². The Morgan fingerprint density at radius 1 is 1.09 bits per heavy atom. The number of carbonyl (C=O) groups excluding carboxylic acids is 1. The first-order chi connectivity index (χ1) is 10.4. The van der Waals surface area contributed by atoms with Crippen molar-refractivity contribution in [3.05, 3.63) is 56.1 Å². The monoisotopic (exact) mass is 308 g/mol. The van der Waals surface area contributed by atoms with Crippen LogP contribution in [0.1, 0.15) is 23.2 Å². The quantitative estimate of drug-likeness (QED) is 0.387. The highest BCUT2D eigenvalue weighted by Gasteiger charge is 2.23. The second-order valence-corrected chi connectivity index (χ2v) is 4.73. The van der Waals surface area contributed by atoms with E-state index in [-0.39, 0.29) is 5.56 Å². The van der Waals surface area contributed by atoms with E-state index >= 15 is 0 Å². The maximum absolute atomic E-state index is 12.0. The molecular formula is C13H12N2O7. The summed E-state index contributed by atoms with van der Waals surface area (Å²) < 4.78 is 5.11. The van der Waals surface area contributed by atoms with E-state index in [1.165, 1.54) is 12.2 Å². The van der Waals surface area contributed by atoms with Gasteiger partial charge in [0.15, 0.2) is 0 Å². The van der Waals surface area contributed by atoms with Crippen LogP contribution in [-0.2, 0) is 4.74 Å². The third kappa shape index (κ3) is 3.64. The molecule has 9 heteroatoms. The normalized spacial score (nSPS) is 20.4. The predicted molar refractivity (Wildman–Crippen MR) is 73.3 cm³/mol. The minimum Gasteiger partial charge on any atom is -0.455 e. The van der Waals surface area contributed by atoms with Crippen LogP contribution in [0.15, 0.2) is 30.4 Å². The molecule has 1 aliphatic carbocycles. The first-order valence-corrected chi connectivity index (χ1v) is 6.38. The molecule has 1 aromatic carbocycles. The molecule has 0 saturated carbocycles. The Morgan fingerprint density at radius 2 is 1.68 bits per heavy atom. The molecule has 0 amide bonds. The van der Waals surface area contributed by atoms with Crippen molar-refractivity contribution in [3.63, 3.8) is 0 Å². The van der Waals surface area contributed by atoms with Gasteiger partial charge < -0.3 is 9.84 Å². The maximum Gasteiger partial charge on any atom is 0.339 e. The van der Waals surface area contributed by atoms with Crippen LogP contribution in [0.4, 0.5) is 11.4 Å². The predicted octanol–water partition coefficient (Wildman–Crippen LogP) is 1.74. The fourth-order valence-corrected chi connectivity index (χ4v) is 2.01. The maximum atomic E-state index is 12.0. The van der Waals surface area contributed by atoms with Gasteiger partial charge in [-0.05, 0) is 18.9 Å². The van der Waals surface area contributed by atoms with Crippen molar-refractivity contribution in [2.45, 2.75) is 25.0 Å². The summed E-state index contributed by atoms with van der Waals surface area (Å²) in [6, 6.07) is 2.63. The fraction of sp³-hybridized carbons (Fsp3) is 0.308. The van der Waals surface area contributed by atoms with E-state index in [1.54, 1.807) is 0 Å². The highest BCUT2D eigenvalue weighted by Crippen LogP contribution is 2.24. The van der Waals surface area contributed by atoms with Gasteiger partial charge in [0.1, 0.15) is 6.10 Å². The highest BCUT2D eigenvalue weighted by atomic mass is 16.6. The van der Waals surface area contributed by atoms with Crippen LogP contribution in [0.25, 0.3) is 0 Å². The van der Waals surface area contributed by atoms with Crippen molar-refractivity contribution in [1.82, 2.24) is 0 Å². The minimum atomic E-state index is -0.891. The van der Waals surface area contributed by atoms with Gasteiger partial charge in [0, 0.05) is 12.1 Å². The molecule has 1 aromatic rings. The van der Waals surface area contributed by atoms with Crippen molar-refractivity contribution in [1.29, 1.82) is 0 Å². The third-order valence-electron chi connectivity index (χ3n) is 3.11. The molecule has 9 nitrogen and oxygen atoms in total. The number of non-ortho nitro benzene ring substituents is 2. The standard InChI is InChI=1S/C13H12N2O7/c16-11-1-3-12(4-2-11)22-13(17)8-5-9(14(18)19)7-10(6-8)15(20)21/h1,3,5-7,11-12,16H,2,4H2/t11-,12-/m1/s1. The molecule has 116 valence electrons. The summed E-state index contributed by atoms with van der Waals surface area (Å²) in [5.41, 5.74) is -1.38.